The van der Waals surface area contributed by atoms with Crippen LogP contribution in [0.5, 0.6) is 0 Å². The Hall–Kier alpha value is -3.70. The molecule has 218 valence electrons. The van der Waals surface area contributed by atoms with Crippen LogP contribution in [0.2, 0.25) is 0 Å². The molecular weight excluding hydrogens is 670 g/mol. The van der Waals surface area contributed by atoms with E-state index in [4.69, 9.17) is 4.98 Å². The molecule has 4 heterocycles. The van der Waals surface area contributed by atoms with Crippen LogP contribution in [0.15, 0.2) is 88.3 Å². The molecule has 0 spiro atoms. The van der Waals surface area contributed by atoms with Crippen LogP contribution in [-0.2, 0) is 6.54 Å². The molecule has 1 saturated heterocycles. The summed E-state index contributed by atoms with van der Waals surface area (Å²) in [5, 5.41) is 3.04. The number of likely N-dealkylation sites (N-methyl/N-ethyl adjacent to an activating group) is 1. The minimum atomic E-state index is -0.169. The molecule has 1 amide bonds. The van der Waals surface area contributed by atoms with Gasteiger partial charge >= 0.3 is 0 Å². The van der Waals surface area contributed by atoms with Gasteiger partial charge in [0.1, 0.15) is 0 Å². The van der Waals surface area contributed by atoms with Gasteiger partial charge in [0.15, 0.2) is 5.82 Å². The van der Waals surface area contributed by atoms with E-state index < -0.39 is 0 Å². The summed E-state index contributed by atoms with van der Waals surface area (Å²) >= 11 is 7.42. The first kappa shape index (κ1) is 29.4. The van der Waals surface area contributed by atoms with Gasteiger partial charge in [0, 0.05) is 88.8 Å². The molecule has 0 bridgehead atoms. The van der Waals surface area contributed by atoms with Crippen molar-refractivity contribution in [2.24, 2.45) is 0 Å². The number of aryl methyl sites for hydroxylation is 1. The lowest BCUT2D eigenvalue weighted by Gasteiger charge is -2.32. The zero-order valence-electron chi connectivity index (χ0n) is 23.9. The van der Waals surface area contributed by atoms with Crippen LogP contribution in [0.1, 0.15) is 21.5 Å². The zero-order valence-corrected chi connectivity index (χ0v) is 27.1. The number of rotatable bonds is 7. The van der Waals surface area contributed by atoms with Crippen molar-refractivity contribution in [3.05, 3.63) is 105 Å². The number of nitrogens with one attached hydrogen (secondary N) is 2. The highest BCUT2D eigenvalue weighted by Gasteiger charge is 2.19. The Labute approximate surface area is 267 Å². The lowest BCUT2D eigenvalue weighted by molar-refractivity contribution is 0.102. The Bertz CT molecular complexity index is 1720. The number of halogens is 2. The van der Waals surface area contributed by atoms with E-state index in [2.05, 4.69) is 69.0 Å². The number of carbonyl (C=O) groups excluding carboxylic acids is 1. The number of aromatic nitrogens is 4. The number of piperazine rings is 1. The second-order valence-electron chi connectivity index (χ2n) is 10.8. The number of amides is 1. The number of carbonyl (C=O) groups is 1. The summed E-state index contributed by atoms with van der Waals surface area (Å²) in [6.45, 7) is 7.05. The summed E-state index contributed by atoms with van der Waals surface area (Å²) in [6.07, 6.45) is 7.28. The largest absolute Gasteiger partial charge is 0.360 e. The molecule has 6 rings (SSSR count). The predicted molar refractivity (Wildman–Crippen MR) is 178 cm³/mol. The van der Waals surface area contributed by atoms with E-state index in [1.54, 1.807) is 18.6 Å². The maximum Gasteiger partial charge on any atom is 0.255 e. The minimum absolute atomic E-state index is 0.169. The highest BCUT2D eigenvalue weighted by atomic mass is 79.9. The van der Waals surface area contributed by atoms with Crippen molar-refractivity contribution in [1.82, 2.24) is 29.7 Å². The lowest BCUT2D eigenvalue weighted by atomic mass is 10.0. The lowest BCUT2D eigenvalue weighted by Crippen LogP contribution is -2.44. The molecule has 0 atom stereocenters. The van der Waals surface area contributed by atoms with E-state index in [0.717, 1.165) is 80.9 Å². The van der Waals surface area contributed by atoms with Crippen molar-refractivity contribution in [3.63, 3.8) is 0 Å². The van der Waals surface area contributed by atoms with Crippen molar-refractivity contribution >= 4 is 43.5 Å². The Morgan fingerprint density at radius 1 is 0.977 bits per heavy atom. The number of nitrogens with zero attached hydrogens (tertiary/aromatic N) is 5. The highest BCUT2D eigenvalue weighted by molar-refractivity contribution is 9.11. The number of pyridine rings is 1. The molecule has 2 N–H and O–H groups in total. The standard InChI is InChI=1S/C33H31Br2N7O/c1-21-18-38-31(30(21)32-37-11-9-29(40-32)23-4-3-10-36-19-23)22-5-7-25(8-6-22)39-33(43)24-16-27(34)26(28(35)17-24)20-42-14-12-41(2)13-15-42/h3-11,16-19,38H,12-15,20H2,1-2H3,(H,39,43). The molecule has 5 aromatic rings. The fraction of sp³-hybridized carbons (Fsp3) is 0.212. The average molecular weight is 701 g/mol. The van der Waals surface area contributed by atoms with Crippen LogP contribution < -0.4 is 5.32 Å². The highest BCUT2D eigenvalue weighted by Crippen LogP contribution is 2.34. The van der Waals surface area contributed by atoms with Gasteiger partial charge in [-0.3, -0.25) is 14.7 Å². The van der Waals surface area contributed by atoms with Crippen molar-refractivity contribution in [3.8, 4) is 33.9 Å². The monoisotopic (exact) mass is 699 g/mol. The molecule has 43 heavy (non-hydrogen) atoms. The third kappa shape index (κ3) is 6.62. The summed E-state index contributed by atoms with van der Waals surface area (Å²) in [7, 11) is 2.15. The fourth-order valence-corrected chi connectivity index (χ4v) is 6.67. The molecule has 0 saturated carbocycles. The van der Waals surface area contributed by atoms with Crippen molar-refractivity contribution in [1.29, 1.82) is 0 Å². The van der Waals surface area contributed by atoms with Crippen molar-refractivity contribution < 1.29 is 4.79 Å². The minimum Gasteiger partial charge on any atom is -0.360 e. The van der Waals surface area contributed by atoms with Gasteiger partial charge in [-0.05, 0) is 73.1 Å². The molecule has 10 heteroatoms. The smallest absolute Gasteiger partial charge is 0.255 e. The Kier molecular flexibility index (Phi) is 8.80. The first-order chi connectivity index (χ1) is 20.9. The van der Waals surface area contributed by atoms with Crippen LogP contribution in [0.3, 0.4) is 0 Å². The maximum absolute atomic E-state index is 13.2. The molecular formula is C33H31Br2N7O. The summed E-state index contributed by atoms with van der Waals surface area (Å²) < 4.78 is 1.84. The van der Waals surface area contributed by atoms with Crippen LogP contribution in [0, 0.1) is 6.92 Å². The quantitative estimate of drug-likeness (QED) is 0.190. The van der Waals surface area contributed by atoms with E-state index in [1.807, 2.05) is 67.7 Å². The number of hydrogen-bond donors (Lipinski definition) is 2. The van der Waals surface area contributed by atoms with Crippen LogP contribution >= 0.6 is 31.9 Å². The van der Waals surface area contributed by atoms with Crippen molar-refractivity contribution in [2.45, 2.75) is 13.5 Å². The van der Waals surface area contributed by atoms with Gasteiger partial charge in [0.25, 0.3) is 5.91 Å². The maximum atomic E-state index is 13.2. The molecule has 8 nitrogen and oxygen atoms in total. The number of aromatic amines is 1. The molecule has 3 aromatic heterocycles. The molecule has 0 aliphatic carbocycles. The van der Waals surface area contributed by atoms with Gasteiger partial charge in [-0.15, -0.1) is 0 Å². The number of anilines is 1. The van der Waals surface area contributed by atoms with Gasteiger partial charge in [-0.1, -0.05) is 44.0 Å². The van der Waals surface area contributed by atoms with E-state index in [-0.39, 0.29) is 5.91 Å². The van der Waals surface area contributed by atoms with Gasteiger partial charge in [0.05, 0.1) is 11.4 Å². The zero-order chi connectivity index (χ0) is 29.9. The topological polar surface area (TPSA) is 90.0 Å². The van der Waals surface area contributed by atoms with E-state index in [1.165, 1.54) is 0 Å². The number of benzene rings is 2. The average Bonchev–Trinajstić information content (AvgIpc) is 3.41. The number of hydrogen-bond acceptors (Lipinski definition) is 6. The van der Waals surface area contributed by atoms with Crippen LogP contribution in [0.25, 0.3) is 33.9 Å². The van der Waals surface area contributed by atoms with Crippen molar-refractivity contribution in [2.75, 3.05) is 38.5 Å². The molecule has 1 aliphatic heterocycles. The first-order valence-corrected chi connectivity index (χ1v) is 15.7. The molecule has 0 unspecified atom stereocenters. The third-order valence-electron chi connectivity index (χ3n) is 7.73. The normalized spacial score (nSPS) is 14.1. The molecule has 2 aromatic carbocycles. The van der Waals surface area contributed by atoms with E-state index in [0.29, 0.717) is 17.1 Å². The molecule has 0 radical (unpaired) electrons. The summed E-state index contributed by atoms with van der Waals surface area (Å²) in [4.78, 5) is 35.0. The van der Waals surface area contributed by atoms with Gasteiger partial charge in [0.2, 0.25) is 0 Å². The fourth-order valence-electron chi connectivity index (χ4n) is 5.23. The summed E-state index contributed by atoms with van der Waals surface area (Å²) in [5.74, 6) is 0.469. The second kappa shape index (κ2) is 12.9. The van der Waals surface area contributed by atoms with Gasteiger partial charge < -0.3 is 15.2 Å². The first-order valence-electron chi connectivity index (χ1n) is 14.1. The summed E-state index contributed by atoms with van der Waals surface area (Å²) in [6, 6.07) is 17.3. The van der Waals surface area contributed by atoms with Crippen LogP contribution in [-0.4, -0.2) is 68.9 Å². The van der Waals surface area contributed by atoms with Gasteiger partial charge in [-0.2, -0.15) is 0 Å². The molecule has 1 aliphatic rings. The van der Waals surface area contributed by atoms with Gasteiger partial charge in [-0.25, -0.2) is 9.97 Å². The van der Waals surface area contributed by atoms with E-state index >= 15 is 0 Å². The summed E-state index contributed by atoms with van der Waals surface area (Å²) in [5.41, 5.74) is 8.06. The van der Waals surface area contributed by atoms with Crippen LogP contribution in [0.4, 0.5) is 5.69 Å². The second-order valence-corrected chi connectivity index (χ2v) is 12.5. The Morgan fingerprint density at radius 2 is 1.72 bits per heavy atom. The molecule has 1 fully saturated rings. The third-order valence-corrected chi connectivity index (χ3v) is 9.14. The number of H-pyrrole nitrogens is 1. The SMILES string of the molecule is Cc1c[nH]c(-c2ccc(NC(=O)c3cc(Br)c(CN4CCN(C)CC4)c(Br)c3)cc2)c1-c1nccc(-c2cccnc2)n1. The predicted octanol–water partition coefficient (Wildman–Crippen LogP) is 7.03. The Balaban J connectivity index is 1.18. The Morgan fingerprint density at radius 3 is 2.42 bits per heavy atom. The van der Waals surface area contributed by atoms with E-state index in [9.17, 15) is 4.79 Å².